The number of aliphatic hydroxyl groups excluding tert-OH is 1. The number of amides is 2. The molecule has 3 atom stereocenters. The van der Waals surface area contributed by atoms with Gasteiger partial charge >= 0.3 is 6.03 Å². The Morgan fingerprint density at radius 1 is 1.02 bits per heavy atom. The van der Waals surface area contributed by atoms with Gasteiger partial charge in [0.05, 0.1) is 24.5 Å². The topological polar surface area (TPSA) is 122 Å². The third-order valence-electron chi connectivity index (χ3n) is 9.58. The van der Waals surface area contributed by atoms with Crippen LogP contribution >= 0.6 is 0 Å². The van der Waals surface area contributed by atoms with Gasteiger partial charge in [-0.2, -0.15) is 5.10 Å². The number of hydrogen-bond donors (Lipinski definition) is 3. The van der Waals surface area contributed by atoms with Crippen LogP contribution in [0.4, 0.5) is 21.0 Å². The van der Waals surface area contributed by atoms with E-state index >= 15 is 4.39 Å². The lowest BCUT2D eigenvalue weighted by Crippen LogP contribution is -2.38. The van der Waals surface area contributed by atoms with E-state index in [4.69, 9.17) is 4.74 Å². The first-order valence-corrected chi connectivity index (χ1v) is 17.0. The third-order valence-corrected chi connectivity index (χ3v) is 9.58. The van der Waals surface area contributed by atoms with Gasteiger partial charge in [-0.15, -0.1) is 10.2 Å². The van der Waals surface area contributed by atoms with Gasteiger partial charge < -0.3 is 20.1 Å². The zero-order valence-corrected chi connectivity index (χ0v) is 28.4. The van der Waals surface area contributed by atoms with Gasteiger partial charge in [-0.1, -0.05) is 51.1 Å². The number of nitrogens with one attached hydrogen (secondary N) is 2. The smallest absolute Gasteiger partial charge is 0.320 e. The number of piperidine rings is 1. The zero-order chi connectivity index (χ0) is 34.3. The molecular weight excluding hydrogens is 623 g/mol. The Balaban J connectivity index is 1.10. The fraction of sp³-hybridized carbons (Fsp3) is 0.405. The first kappa shape index (κ1) is 32.6. The van der Waals surface area contributed by atoms with Crippen LogP contribution in [0.3, 0.4) is 0 Å². The number of aromatic nitrogens is 5. The Hall–Kier alpha value is -4.97. The summed E-state index contributed by atoms with van der Waals surface area (Å²) in [6.45, 7) is 8.95. The van der Waals surface area contributed by atoms with Crippen molar-refractivity contribution in [3.8, 4) is 11.4 Å². The lowest BCUT2D eigenvalue weighted by atomic mass is 9.85. The molecule has 0 bridgehead atoms. The number of anilines is 2. The molecule has 0 spiro atoms. The highest BCUT2D eigenvalue weighted by atomic mass is 19.1. The van der Waals surface area contributed by atoms with E-state index in [-0.39, 0.29) is 29.9 Å². The number of hydrogen-bond acceptors (Lipinski definition) is 7. The molecule has 7 rings (SSSR count). The first-order chi connectivity index (χ1) is 23.6. The molecule has 12 heteroatoms. The lowest BCUT2D eigenvalue weighted by molar-refractivity contribution is 0.171. The van der Waals surface area contributed by atoms with Crippen LogP contribution < -0.4 is 20.3 Å². The Bertz CT molecular complexity index is 1980. The van der Waals surface area contributed by atoms with Crippen molar-refractivity contribution in [2.75, 3.05) is 16.8 Å². The molecule has 3 N–H and O–H groups in total. The van der Waals surface area contributed by atoms with E-state index in [1.54, 1.807) is 6.07 Å². The summed E-state index contributed by atoms with van der Waals surface area (Å²) in [5, 5.41) is 29.3. The molecule has 1 aliphatic carbocycles. The summed E-state index contributed by atoms with van der Waals surface area (Å²) in [4.78, 5) is 15.9. The standard InChI is InChI=1S/C37H43FN8O3/c1-23-9-7-8-18-44(23)36-42-41-33-17-13-25(21-45(33)36)49-31-16-15-29(26-10-5-6-11-27(26)31)39-35(48)40-34-20-32(37(2,3)4)43-46(34)30-19-24(22-47)12-14-28(30)38/h5-6,10-14,17,19-21,23,29,31,47H,7-9,15-16,18,22H2,1-4H3,(H2,39,40,48)/t23-,29-,31+/m0/s1. The molecule has 256 valence electrons. The van der Waals surface area contributed by atoms with Crippen molar-refractivity contribution in [3.63, 3.8) is 0 Å². The van der Waals surface area contributed by atoms with Crippen LogP contribution in [0.5, 0.6) is 5.75 Å². The minimum absolute atomic E-state index is 0.141. The third kappa shape index (κ3) is 6.57. The van der Waals surface area contributed by atoms with Gasteiger partial charge in [0.2, 0.25) is 5.95 Å². The van der Waals surface area contributed by atoms with E-state index in [2.05, 4.69) is 37.8 Å². The van der Waals surface area contributed by atoms with E-state index in [1.165, 1.54) is 29.3 Å². The highest BCUT2D eigenvalue weighted by Gasteiger charge is 2.31. The predicted octanol–water partition coefficient (Wildman–Crippen LogP) is 7.00. The van der Waals surface area contributed by atoms with Crippen LogP contribution in [-0.2, 0) is 12.0 Å². The van der Waals surface area contributed by atoms with Gasteiger partial charge in [-0.25, -0.2) is 13.9 Å². The largest absolute Gasteiger partial charge is 0.484 e. The van der Waals surface area contributed by atoms with Crippen molar-refractivity contribution in [2.45, 2.75) is 90.0 Å². The molecular formula is C37H43FN8O3. The highest BCUT2D eigenvalue weighted by Crippen LogP contribution is 2.39. The van der Waals surface area contributed by atoms with Gasteiger partial charge in [0, 0.05) is 24.1 Å². The number of halogens is 1. The molecule has 2 amide bonds. The molecule has 11 nitrogen and oxygen atoms in total. The average Bonchev–Trinajstić information content (AvgIpc) is 3.71. The SMILES string of the molecule is C[C@H]1CCCCN1c1nnc2ccc(O[C@@H]3CC[C@H](NC(=O)Nc4cc(C(C)(C)C)nn4-c4cc(CO)ccc4F)c4ccccc43)cn12. The number of nitrogens with zero attached hydrogens (tertiary/aromatic N) is 6. The number of pyridine rings is 1. The molecule has 49 heavy (non-hydrogen) atoms. The van der Waals surface area contributed by atoms with Gasteiger partial charge in [0.25, 0.3) is 0 Å². The summed E-state index contributed by atoms with van der Waals surface area (Å²) < 4.78 is 25.1. The molecule has 1 fully saturated rings. The van der Waals surface area contributed by atoms with Crippen LogP contribution in [0.1, 0.15) is 94.3 Å². The fourth-order valence-electron chi connectivity index (χ4n) is 6.86. The van der Waals surface area contributed by atoms with Gasteiger partial charge in [0.15, 0.2) is 5.65 Å². The Labute approximate surface area is 285 Å². The number of aliphatic hydroxyl groups is 1. The van der Waals surface area contributed by atoms with Crippen LogP contribution in [0.25, 0.3) is 11.3 Å². The second-order valence-corrected chi connectivity index (χ2v) is 14.1. The Kier molecular flexibility index (Phi) is 8.74. The van der Waals surface area contributed by atoms with Crippen molar-refractivity contribution in [3.05, 3.63) is 95.1 Å². The fourth-order valence-corrected chi connectivity index (χ4v) is 6.86. The maximum atomic E-state index is 15.0. The molecule has 1 aliphatic heterocycles. The normalized spacial score (nSPS) is 19.5. The molecule has 3 aromatic heterocycles. The van der Waals surface area contributed by atoms with Crippen molar-refractivity contribution in [1.82, 2.24) is 29.7 Å². The van der Waals surface area contributed by atoms with Crippen molar-refractivity contribution in [2.24, 2.45) is 0 Å². The average molecular weight is 667 g/mol. The minimum Gasteiger partial charge on any atom is -0.484 e. The monoisotopic (exact) mass is 666 g/mol. The number of benzene rings is 2. The second-order valence-electron chi connectivity index (χ2n) is 14.1. The molecule has 1 saturated heterocycles. The van der Waals surface area contributed by atoms with Crippen LogP contribution in [-0.4, -0.2) is 48.1 Å². The van der Waals surface area contributed by atoms with Crippen molar-refractivity contribution < 1.29 is 19.0 Å². The lowest BCUT2D eigenvalue weighted by Gasteiger charge is -2.33. The zero-order valence-electron chi connectivity index (χ0n) is 28.4. The van der Waals surface area contributed by atoms with Gasteiger partial charge in [0.1, 0.15) is 29.2 Å². The maximum Gasteiger partial charge on any atom is 0.320 e. The molecule has 2 aliphatic rings. The first-order valence-electron chi connectivity index (χ1n) is 17.0. The number of carbonyl (C=O) groups is 1. The van der Waals surface area contributed by atoms with Crippen LogP contribution in [0, 0.1) is 5.82 Å². The van der Waals surface area contributed by atoms with E-state index in [9.17, 15) is 9.90 Å². The Morgan fingerprint density at radius 3 is 2.61 bits per heavy atom. The van der Waals surface area contributed by atoms with E-state index in [1.807, 2.05) is 67.8 Å². The quantitative estimate of drug-likeness (QED) is 0.171. The highest BCUT2D eigenvalue weighted by molar-refractivity contribution is 5.89. The molecule has 0 radical (unpaired) electrons. The Morgan fingerprint density at radius 2 is 1.84 bits per heavy atom. The number of ether oxygens (including phenoxy) is 1. The molecule has 2 aromatic carbocycles. The number of carbonyl (C=O) groups excluding carboxylic acids is 1. The second kappa shape index (κ2) is 13.1. The summed E-state index contributed by atoms with van der Waals surface area (Å²) in [5.74, 6) is 1.37. The van der Waals surface area contributed by atoms with Crippen molar-refractivity contribution >= 4 is 23.4 Å². The van der Waals surface area contributed by atoms with E-state index in [0.29, 0.717) is 36.0 Å². The molecule has 5 aromatic rings. The van der Waals surface area contributed by atoms with E-state index < -0.39 is 11.8 Å². The summed E-state index contributed by atoms with van der Waals surface area (Å²) in [7, 11) is 0. The van der Waals surface area contributed by atoms with Crippen molar-refractivity contribution in [1.29, 1.82) is 0 Å². The molecule has 0 saturated carbocycles. The molecule has 4 heterocycles. The van der Waals surface area contributed by atoms with Crippen LogP contribution in [0.15, 0.2) is 66.9 Å². The summed E-state index contributed by atoms with van der Waals surface area (Å²) in [5.41, 5.74) is 3.77. The number of fused-ring (bicyclic) bond motifs is 2. The van der Waals surface area contributed by atoms with Crippen LogP contribution in [0.2, 0.25) is 0 Å². The summed E-state index contributed by atoms with van der Waals surface area (Å²) in [6, 6.07) is 17.7. The van der Waals surface area contributed by atoms with Gasteiger partial charge in [-0.05, 0) is 80.0 Å². The van der Waals surface area contributed by atoms with Gasteiger partial charge in [-0.3, -0.25) is 9.72 Å². The summed E-state index contributed by atoms with van der Waals surface area (Å²) in [6.07, 6.45) is 6.60. The number of rotatable bonds is 7. The number of urea groups is 1. The summed E-state index contributed by atoms with van der Waals surface area (Å²) >= 11 is 0. The van der Waals surface area contributed by atoms with E-state index in [0.717, 1.165) is 47.9 Å². The maximum absolute atomic E-state index is 15.0. The predicted molar refractivity (Wildman–Crippen MR) is 186 cm³/mol. The molecule has 0 unspecified atom stereocenters. The minimum atomic E-state index is -0.516.